The van der Waals surface area contributed by atoms with E-state index in [1.165, 1.54) is 4.90 Å². The molecule has 5 heteroatoms. The Labute approximate surface area is 95.7 Å². The van der Waals surface area contributed by atoms with Crippen molar-refractivity contribution in [2.75, 3.05) is 13.2 Å². The lowest BCUT2D eigenvalue weighted by Crippen LogP contribution is -2.52. The smallest absolute Gasteiger partial charge is 0.410 e. The van der Waals surface area contributed by atoms with Gasteiger partial charge in [-0.05, 0) is 27.7 Å². The number of hydrogen-bond donors (Lipinski definition) is 0. The van der Waals surface area contributed by atoms with Gasteiger partial charge < -0.3 is 19.2 Å². The van der Waals surface area contributed by atoms with Crippen LogP contribution in [0.4, 0.5) is 4.79 Å². The minimum Gasteiger partial charge on any atom is -0.444 e. The van der Waals surface area contributed by atoms with E-state index in [0.717, 1.165) is 0 Å². The van der Waals surface area contributed by atoms with Gasteiger partial charge in [0.15, 0.2) is 6.29 Å². The van der Waals surface area contributed by atoms with E-state index in [2.05, 4.69) is 0 Å². The van der Waals surface area contributed by atoms with Crippen LogP contribution in [-0.2, 0) is 14.3 Å². The van der Waals surface area contributed by atoms with E-state index in [1.807, 2.05) is 27.7 Å². The van der Waals surface area contributed by atoms with Crippen LogP contribution >= 0.6 is 0 Å². The Hall–Kier alpha value is -1.10. The summed E-state index contributed by atoms with van der Waals surface area (Å²) in [7, 11) is 0. The molecule has 0 aliphatic carbocycles. The van der Waals surface area contributed by atoms with Crippen molar-refractivity contribution in [2.45, 2.75) is 45.4 Å². The molecule has 5 nitrogen and oxygen atoms in total. The maximum Gasteiger partial charge on any atom is 0.410 e. The maximum atomic E-state index is 11.8. The summed E-state index contributed by atoms with van der Waals surface area (Å²) in [5.74, 6) is 0. The number of ether oxygens (including phenoxy) is 2. The lowest BCUT2D eigenvalue weighted by Gasteiger charge is -2.36. The average molecular weight is 229 g/mol. The maximum absolute atomic E-state index is 11.8. The number of nitrogens with zero attached hydrogens (tertiary/aromatic N) is 1. The fourth-order valence-corrected chi connectivity index (χ4v) is 1.44. The van der Waals surface area contributed by atoms with Gasteiger partial charge >= 0.3 is 6.09 Å². The minimum atomic E-state index is -0.538. The van der Waals surface area contributed by atoms with Crippen LogP contribution in [0.3, 0.4) is 0 Å². The Balaban J connectivity index is 2.62. The minimum absolute atomic E-state index is 0.0638. The summed E-state index contributed by atoms with van der Waals surface area (Å²) in [5.41, 5.74) is -0.522. The second kappa shape index (κ2) is 4.82. The zero-order valence-electron chi connectivity index (χ0n) is 10.2. The van der Waals surface area contributed by atoms with Crippen LogP contribution in [0.1, 0.15) is 27.7 Å². The van der Waals surface area contributed by atoms with Crippen molar-refractivity contribution in [1.82, 2.24) is 4.90 Å². The number of morpholine rings is 1. The van der Waals surface area contributed by atoms with Crippen LogP contribution in [0.25, 0.3) is 0 Å². The lowest BCUT2D eigenvalue weighted by molar-refractivity contribution is -0.126. The van der Waals surface area contributed by atoms with Gasteiger partial charge in [-0.3, -0.25) is 0 Å². The molecule has 0 N–H and O–H groups in total. The average Bonchev–Trinajstić information content (AvgIpc) is 2.15. The first-order chi connectivity index (χ1) is 7.33. The Kier molecular flexibility index (Phi) is 3.91. The predicted molar refractivity (Wildman–Crippen MR) is 58.2 cm³/mol. The van der Waals surface area contributed by atoms with E-state index >= 15 is 0 Å². The van der Waals surface area contributed by atoms with Crippen molar-refractivity contribution in [3.8, 4) is 0 Å². The van der Waals surface area contributed by atoms with Crippen LogP contribution in [0, 0.1) is 0 Å². The molecule has 1 aliphatic heterocycles. The van der Waals surface area contributed by atoms with Crippen molar-refractivity contribution in [3.63, 3.8) is 0 Å². The van der Waals surface area contributed by atoms with Crippen molar-refractivity contribution < 1.29 is 19.1 Å². The van der Waals surface area contributed by atoms with E-state index in [9.17, 15) is 9.59 Å². The highest BCUT2D eigenvalue weighted by Crippen LogP contribution is 2.16. The van der Waals surface area contributed by atoms with Gasteiger partial charge in [0.1, 0.15) is 11.7 Å². The second-order valence-corrected chi connectivity index (χ2v) is 4.99. The Morgan fingerprint density at radius 2 is 2.12 bits per heavy atom. The van der Waals surface area contributed by atoms with Crippen LogP contribution in [0.5, 0.6) is 0 Å². The highest BCUT2D eigenvalue weighted by Gasteiger charge is 2.32. The lowest BCUT2D eigenvalue weighted by atomic mass is 10.2. The standard InChI is InChI=1S/C11H19NO4/c1-8-7-15-9(6-13)5-12(8)10(14)16-11(2,3)4/h6,8-9H,5,7H2,1-4H3/t8?,9-/m0/s1. The molecular weight excluding hydrogens is 210 g/mol. The number of carbonyl (C=O) groups is 2. The van der Waals surface area contributed by atoms with Crippen LogP contribution < -0.4 is 0 Å². The molecule has 1 aliphatic rings. The summed E-state index contributed by atoms with van der Waals surface area (Å²) in [5, 5.41) is 0. The van der Waals surface area contributed by atoms with E-state index in [4.69, 9.17) is 9.47 Å². The molecule has 0 radical (unpaired) electrons. The Morgan fingerprint density at radius 3 is 2.62 bits per heavy atom. The summed E-state index contributed by atoms with van der Waals surface area (Å²) in [6, 6.07) is -0.0638. The predicted octanol–water partition coefficient (Wildman–Crippen LogP) is 1.21. The normalized spacial score (nSPS) is 26.4. The quantitative estimate of drug-likeness (QED) is 0.634. The van der Waals surface area contributed by atoms with Crippen LogP contribution in [0.15, 0.2) is 0 Å². The largest absolute Gasteiger partial charge is 0.444 e. The van der Waals surface area contributed by atoms with Crippen LogP contribution in [0.2, 0.25) is 0 Å². The summed E-state index contributed by atoms with van der Waals surface area (Å²) < 4.78 is 10.5. The van der Waals surface area contributed by atoms with Crippen molar-refractivity contribution in [3.05, 3.63) is 0 Å². The van der Waals surface area contributed by atoms with Crippen LogP contribution in [-0.4, -0.2) is 48.2 Å². The topological polar surface area (TPSA) is 55.8 Å². The first-order valence-corrected chi connectivity index (χ1v) is 5.40. The molecule has 0 aromatic heterocycles. The molecule has 16 heavy (non-hydrogen) atoms. The van der Waals surface area contributed by atoms with Gasteiger partial charge in [-0.25, -0.2) is 4.79 Å². The fraction of sp³-hybridized carbons (Fsp3) is 0.818. The zero-order valence-corrected chi connectivity index (χ0v) is 10.2. The van der Waals surface area contributed by atoms with Gasteiger partial charge in [0.25, 0.3) is 0 Å². The Morgan fingerprint density at radius 1 is 1.50 bits per heavy atom. The summed E-state index contributed by atoms with van der Waals surface area (Å²) in [6.07, 6.45) is -0.220. The molecule has 0 aromatic carbocycles. The first kappa shape index (κ1) is 13.0. The molecule has 92 valence electrons. The second-order valence-electron chi connectivity index (χ2n) is 4.99. The number of amides is 1. The molecule has 0 aromatic rings. The van der Waals surface area contributed by atoms with E-state index in [-0.39, 0.29) is 12.6 Å². The van der Waals surface area contributed by atoms with E-state index in [1.54, 1.807) is 0 Å². The molecule has 1 heterocycles. The molecular formula is C11H19NO4. The number of aldehydes is 1. The van der Waals surface area contributed by atoms with Gasteiger partial charge in [0.2, 0.25) is 0 Å². The Bertz CT molecular complexity index is 272. The van der Waals surface area contributed by atoms with Gasteiger partial charge in [-0.2, -0.15) is 0 Å². The van der Waals surface area contributed by atoms with Gasteiger partial charge in [0, 0.05) is 0 Å². The molecule has 0 saturated carbocycles. The van der Waals surface area contributed by atoms with Gasteiger partial charge in [-0.1, -0.05) is 0 Å². The summed E-state index contributed by atoms with van der Waals surface area (Å²) >= 11 is 0. The molecule has 1 fully saturated rings. The third-order valence-electron chi connectivity index (χ3n) is 2.24. The molecule has 2 atom stereocenters. The van der Waals surface area contributed by atoms with Gasteiger partial charge in [-0.15, -0.1) is 0 Å². The van der Waals surface area contributed by atoms with Crippen molar-refractivity contribution in [1.29, 1.82) is 0 Å². The third kappa shape index (κ3) is 3.48. The van der Waals surface area contributed by atoms with Crippen molar-refractivity contribution in [2.24, 2.45) is 0 Å². The first-order valence-electron chi connectivity index (χ1n) is 5.40. The number of hydrogen-bond acceptors (Lipinski definition) is 4. The van der Waals surface area contributed by atoms with Crippen molar-refractivity contribution >= 4 is 12.4 Å². The highest BCUT2D eigenvalue weighted by atomic mass is 16.6. The molecule has 1 rings (SSSR count). The summed E-state index contributed by atoms with van der Waals surface area (Å²) in [4.78, 5) is 24.0. The number of rotatable bonds is 1. The third-order valence-corrected chi connectivity index (χ3v) is 2.24. The molecule has 0 spiro atoms. The van der Waals surface area contributed by atoms with Gasteiger partial charge in [0.05, 0.1) is 19.2 Å². The zero-order chi connectivity index (χ0) is 12.3. The summed E-state index contributed by atoms with van der Waals surface area (Å²) in [6.45, 7) is 7.93. The monoisotopic (exact) mass is 229 g/mol. The fourth-order valence-electron chi connectivity index (χ4n) is 1.44. The number of carbonyl (C=O) groups excluding carboxylic acids is 2. The molecule has 1 unspecified atom stereocenters. The van der Waals surface area contributed by atoms with E-state index in [0.29, 0.717) is 12.9 Å². The molecule has 1 amide bonds. The highest BCUT2D eigenvalue weighted by molar-refractivity contribution is 5.70. The SMILES string of the molecule is CC1CO[C@H](C=O)CN1C(=O)OC(C)(C)C. The molecule has 1 saturated heterocycles. The van der Waals surface area contributed by atoms with E-state index < -0.39 is 17.8 Å². The molecule has 0 bridgehead atoms.